The highest BCUT2D eigenvalue weighted by molar-refractivity contribution is 5.82. The number of carbonyl (C=O) groups is 1. The molecule has 1 amide bonds. The Kier molecular flexibility index (Phi) is 5.43. The highest BCUT2D eigenvalue weighted by atomic mass is 19.1. The van der Waals surface area contributed by atoms with Gasteiger partial charge in [-0.05, 0) is 63.9 Å². The zero-order chi connectivity index (χ0) is 25.7. The number of fused-ring (bicyclic) bond motifs is 4. The number of hydrogen-bond donors (Lipinski definition) is 1. The standard InChI is InChI=1S/C26H27FN8O2/c1-26(2,3)37-25(36)31-16-6-9-22-33(15-16)20-10-12-28-14-21(20)34(22)24-30-13-17-7-8-19(32-35(17)24)23-18(27)5-4-11-29-23/h4-5,7-8,10-14,16,22H,6,9,15H2,1-3H3,(H,31,36)/t16-,22-/m1/s1. The van der Waals surface area contributed by atoms with E-state index in [-0.39, 0.29) is 17.9 Å². The molecule has 1 fully saturated rings. The maximum absolute atomic E-state index is 14.4. The van der Waals surface area contributed by atoms with E-state index in [1.54, 1.807) is 35.2 Å². The number of ether oxygens (including phenoxy) is 1. The number of rotatable bonds is 3. The first-order chi connectivity index (χ1) is 17.8. The molecule has 1 saturated heterocycles. The zero-order valence-corrected chi connectivity index (χ0v) is 20.8. The smallest absolute Gasteiger partial charge is 0.407 e. The molecule has 0 unspecified atom stereocenters. The molecule has 0 spiro atoms. The first-order valence-electron chi connectivity index (χ1n) is 12.2. The van der Waals surface area contributed by atoms with Crippen LogP contribution in [0.15, 0.2) is 55.1 Å². The summed E-state index contributed by atoms with van der Waals surface area (Å²) in [6.45, 7) is 6.16. The number of anilines is 3. The van der Waals surface area contributed by atoms with Crippen molar-refractivity contribution in [3.05, 3.63) is 60.9 Å². The predicted octanol–water partition coefficient (Wildman–Crippen LogP) is 4.30. The van der Waals surface area contributed by atoms with Crippen molar-refractivity contribution < 1.29 is 13.9 Å². The van der Waals surface area contributed by atoms with Gasteiger partial charge in [-0.1, -0.05) is 0 Å². The van der Waals surface area contributed by atoms with Crippen LogP contribution in [0.3, 0.4) is 0 Å². The molecule has 0 radical (unpaired) electrons. The highest BCUT2D eigenvalue weighted by Gasteiger charge is 2.43. The Balaban J connectivity index is 1.34. The van der Waals surface area contributed by atoms with Gasteiger partial charge >= 0.3 is 6.09 Å². The van der Waals surface area contributed by atoms with Crippen molar-refractivity contribution in [3.63, 3.8) is 0 Å². The summed E-state index contributed by atoms with van der Waals surface area (Å²) in [7, 11) is 0. The summed E-state index contributed by atoms with van der Waals surface area (Å²) in [6, 6.07) is 8.42. The van der Waals surface area contributed by atoms with Crippen LogP contribution in [0, 0.1) is 5.82 Å². The third-order valence-corrected chi connectivity index (χ3v) is 6.50. The minimum atomic E-state index is -0.560. The fourth-order valence-electron chi connectivity index (χ4n) is 5.02. The number of imidazole rings is 1. The maximum atomic E-state index is 14.4. The number of halogens is 1. The van der Waals surface area contributed by atoms with Gasteiger partial charge in [0.15, 0.2) is 5.82 Å². The van der Waals surface area contributed by atoms with Gasteiger partial charge in [-0.25, -0.2) is 14.2 Å². The molecule has 4 aromatic heterocycles. The van der Waals surface area contributed by atoms with Gasteiger partial charge in [0.25, 0.3) is 0 Å². The molecule has 2 aliphatic heterocycles. The van der Waals surface area contributed by atoms with Crippen molar-refractivity contribution in [1.29, 1.82) is 0 Å². The van der Waals surface area contributed by atoms with Crippen LogP contribution < -0.4 is 15.1 Å². The van der Waals surface area contributed by atoms with E-state index >= 15 is 0 Å². The van der Waals surface area contributed by atoms with Crippen molar-refractivity contribution in [2.45, 2.75) is 51.4 Å². The van der Waals surface area contributed by atoms with E-state index in [4.69, 9.17) is 14.8 Å². The minimum absolute atomic E-state index is 0.0430. The van der Waals surface area contributed by atoms with Gasteiger partial charge in [0, 0.05) is 25.0 Å². The number of hydrogen-bond acceptors (Lipinski definition) is 8. The Morgan fingerprint density at radius 2 is 1.95 bits per heavy atom. The van der Waals surface area contributed by atoms with Crippen LogP contribution in [0.25, 0.3) is 16.9 Å². The third-order valence-electron chi connectivity index (χ3n) is 6.50. The van der Waals surface area contributed by atoms with E-state index in [9.17, 15) is 9.18 Å². The van der Waals surface area contributed by atoms with Gasteiger partial charge < -0.3 is 15.0 Å². The SMILES string of the molecule is CC(C)(C)OC(=O)N[C@@H]1CC[C@@H]2N(C1)c1ccncc1N2c1ncc2ccc(-c3ncccc3F)nn12. The number of carbonyl (C=O) groups excluding carboxylic acids is 1. The van der Waals surface area contributed by atoms with Crippen LogP contribution in [0.1, 0.15) is 33.6 Å². The lowest BCUT2D eigenvalue weighted by molar-refractivity contribution is 0.0498. The van der Waals surface area contributed by atoms with E-state index in [0.29, 0.717) is 18.2 Å². The molecule has 37 heavy (non-hydrogen) atoms. The second kappa shape index (κ2) is 8.68. The zero-order valence-electron chi connectivity index (χ0n) is 20.8. The normalized spacial score (nSPS) is 19.0. The van der Waals surface area contributed by atoms with Crippen molar-refractivity contribution in [2.75, 3.05) is 16.3 Å². The maximum Gasteiger partial charge on any atom is 0.407 e. The van der Waals surface area contributed by atoms with Gasteiger partial charge in [-0.2, -0.15) is 9.61 Å². The molecular formula is C26H27FN8O2. The number of alkyl carbamates (subject to hydrolysis) is 1. The summed E-state index contributed by atoms with van der Waals surface area (Å²) in [6.07, 6.45) is 7.93. The van der Waals surface area contributed by atoms with E-state index < -0.39 is 17.5 Å². The molecule has 6 rings (SSSR count). The van der Waals surface area contributed by atoms with Gasteiger partial charge in [-0.15, -0.1) is 0 Å². The molecular weight excluding hydrogens is 475 g/mol. The van der Waals surface area contributed by atoms with Gasteiger partial charge in [0.2, 0.25) is 5.95 Å². The van der Waals surface area contributed by atoms with E-state index in [0.717, 1.165) is 29.7 Å². The fourth-order valence-corrected chi connectivity index (χ4v) is 5.02. The first kappa shape index (κ1) is 23.1. The highest BCUT2D eigenvalue weighted by Crippen LogP contribution is 2.46. The number of piperidine rings is 1. The van der Waals surface area contributed by atoms with Gasteiger partial charge in [0.1, 0.15) is 23.2 Å². The summed E-state index contributed by atoms with van der Waals surface area (Å²) < 4.78 is 21.6. The first-order valence-corrected chi connectivity index (χ1v) is 12.2. The number of amides is 1. The molecule has 2 aliphatic rings. The molecule has 0 saturated carbocycles. The average molecular weight is 503 g/mol. The topological polar surface area (TPSA) is 101 Å². The lowest BCUT2D eigenvalue weighted by atomic mass is 10.0. The van der Waals surface area contributed by atoms with Crippen molar-refractivity contribution in [1.82, 2.24) is 29.9 Å². The molecule has 1 N–H and O–H groups in total. The van der Waals surface area contributed by atoms with Crippen LogP contribution in [0.5, 0.6) is 0 Å². The van der Waals surface area contributed by atoms with Crippen LogP contribution in [-0.2, 0) is 4.74 Å². The Morgan fingerprint density at radius 3 is 2.76 bits per heavy atom. The molecule has 190 valence electrons. The number of pyridine rings is 2. The summed E-state index contributed by atoms with van der Waals surface area (Å²) in [5, 5.41) is 7.72. The van der Waals surface area contributed by atoms with E-state index in [1.165, 1.54) is 6.07 Å². The van der Waals surface area contributed by atoms with Gasteiger partial charge in [0.05, 0.1) is 29.3 Å². The van der Waals surface area contributed by atoms with Crippen LogP contribution >= 0.6 is 0 Å². The van der Waals surface area contributed by atoms with E-state index in [2.05, 4.69) is 25.1 Å². The molecule has 2 atom stereocenters. The fraction of sp³-hybridized carbons (Fsp3) is 0.346. The van der Waals surface area contributed by atoms with Crippen molar-refractivity contribution >= 4 is 28.9 Å². The van der Waals surface area contributed by atoms with Crippen LogP contribution in [0.4, 0.5) is 26.5 Å². The molecule has 0 aliphatic carbocycles. The molecule has 0 aromatic carbocycles. The Morgan fingerprint density at radius 1 is 1.08 bits per heavy atom. The quantitative estimate of drug-likeness (QED) is 0.443. The Hall–Kier alpha value is -4.28. The second-order valence-corrected chi connectivity index (χ2v) is 10.2. The van der Waals surface area contributed by atoms with E-state index in [1.807, 2.05) is 39.1 Å². The number of aromatic nitrogens is 5. The Bertz CT molecular complexity index is 1480. The lowest BCUT2D eigenvalue weighted by Crippen LogP contribution is -2.54. The van der Waals surface area contributed by atoms with Crippen LogP contribution in [0.2, 0.25) is 0 Å². The summed E-state index contributed by atoms with van der Waals surface area (Å²) >= 11 is 0. The molecule has 10 nitrogen and oxygen atoms in total. The number of nitrogens with zero attached hydrogens (tertiary/aromatic N) is 7. The van der Waals surface area contributed by atoms with Crippen molar-refractivity contribution in [3.8, 4) is 11.4 Å². The summed E-state index contributed by atoms with van der Waals surface area (Å²) in [5.74, 6) is 0.169. The average Bonchev–Trinajstić information content (AvgIpc) is 3.41. The van der Waals surface area contributed by atoms with Gasteiger partial charge in [-0.3, -0.25) is 14.9 Å². The molecule has 4 aromatic rings. The summed E-state index contributed by atoms with van der Waals surface area (Å²) in [4.78, 5) is 30.0. The predicted molar refractivity (Wildman–Crippen MR) is 136 cm³/mol. The Labute approximate surface area is 213 Å². The lowest BCUT2D eigenvalue weighted by Gasteiger charge is -2.39. The minimum Gasteiger partial charge on any atom is -0.444 e. The summed E-state index contributed by atoms with van der Waals surface area (Å²) in [5.41, 5.74) is 2.71. The molecule has 0 bridgehead atoms. The largest absolute Gasteiger partial charge is 0.444 e. The number of nitrogens with one attached hydrogen (secondary N) is 1. The molecule has 6 heterocycles. The third kappa shape index (κ3) is 4.20. The monoisotopic (exact) mass is 502 g/mol. The van der Waals surface area contributed by atoms with Crippen molar-refractivity contribution in [2.24, 2.45) is 0 Å². The molecule has 11 heteroatoms. The second-order valence-electron chi connectivity index (χ2n) is 10.2. The van der Waals surface area contributed by atoms with Crippen LogP contribution in [-0.4, -0.2) is 55.0 Å².